The molecule has 6 nitrogen and oxygen atoms in total. The Kier molecular flexibility index (Phi) is 66.4. The quantitative estimate of drug-likeness (QED) is 0.0320. The van der Waals surface area contributed by atoms with Crippen LogP contribution in [0.3, 0.4) is 0 Å². The highest BCUT2D eigenvalue weighted by atomic mass is 16.5. The Morgan fingerprint density at radius 2 is 0.603 bits per heavy atom. The Bertz CT molecular complexity index is 1220. The van der Waals surface area contributed by atoms with Crippen LogP contribution in [0.15, 0.2) is 24.3 Å². The monoisotopic (exact) mass is 1100 g/mol. The number of aliphatic hydroxyl groups is 2. The lowest BCUT2D eigenvalue weighted by molar-refractivity contribution is -0.143. The molecule has 1 amide bonds. The molecule has 2 unspecified atom stereocenters. The molecule has 3 N–H and O–H groups in total. The minimum absolute atomic E-state index is 0.0143. The summed E-state index contributed by atoms with van der Waals surface area (Å²) in [7, 11) is 0. The topological polar surface area (TPSA) is 95.9 Å². The molecule has 0 aliphatic rings. The van der Waals surface area contributed by atoms with Gasteiger partial charge >= 0.3 is 5.97 Å². The fraction of sp³-hybridized carbons (Fsp3) is 0.917. The molecular formula is C72H139NO5. The van der Waals surface area contributed by atoms with Crippen LogP contribution in [-0.4, -0.2) is 47.4 Å². The van der Waals surface area contributed by atoms with E-state index in [9.17, 15) is 19.8 Å². The van der Waals surface area contributed by atoms with Crippen LogP contribution < -0.4 is 5.32 Å². The maximum atomic E-state index is 12.5. The number of nitrogens with one attached hydrogen (secondary N) is 1. The Hall–Kier alpha value is -1.66. The van der Waals surface area contributed by atoms with Gasteiger partial charge in [-0.15, -0.1) is 0 Å². The molecule has 78 heavy (non-hydrogen) atoms. The first-order valence-electron chi connectivity index (χ1n) is 35.6. The van der Waals surface area contributed by atoms with Gasteiger partial charge in [-0.2, -0.15) is 0 Å². The first-order valence-corrected chi connectivity index (χ1v) is 35.6. The molecule has 0 aromatic carbocycles. The number of carbonyl (C=O) groups is 2. The molecule has 0 aromatic heterocycles. The van der Waals surface area contributed by atoms with E-state index in [1.165, 1.54) is 334 Å². The highest BCUT2D eigenvalue weighted by Gasteiger charge is 2.18. The normalized spacial score (nSPS) is 12.6. The smallest absolute Gasteiger partial charge is 0.305 e. The molecule has 0 aliphatic carbocycles. The summed E-state index contributed by atoms with van der Waals surface area (Å²) >= 11 is 0. The average Bonchev–Trinajstić information content (AvgIpc) is 3.44. The molecule has 0 fully saturated rings. The van der Waals surface area contributed by atoms with Crippen molar-refractivity contribution in [3.8, 4) is 0 Å². The molecule has 0 bridgehead atoms. The molecule has 0 aliphatic heterocycles. The zero-order chi connectivity index (χ0) is 56.4. The van der Waals surface area contributed by atoms with Crippen molar-refractivity contribution in [1.82, 2.24) is 5.32 Å². The SMILES string of the molecule is CCCCCCCCCCCCCCCCCCCCCCCC/C=C/C(O)C(CO)NC(=O)CCCCCCCCCCCC/C=C\CCCCCCCCCCCCCCOC(=O)CCCCCCCCCCCCC. The van der Waals surface area contributed by atoms with Gasteiger partial charge in [0.05, 0.1) is 25.4 Å². The molecule has 0 rings (SSSR count). The van der Waals surface area contributed by atoms with E-state index < -0.39 is 12.1 Å². The largest absolute Gasteiger partial charge is 0.466 e. The average molecular weight is 1100 g/mol. The van der Waals surface area contributed by atoms with Gasteiger partial charge in [-0.25, -0.2) is 0 Å². The predicted molar refractivity (Wildman–Crippen MR) is 343 cm³/mol. The van der Waals surface area contributed by atoms with E-state index in [2.05, 4.69) is 31.3 Å². The third-order valence-corrected chi connectivity index (χ3v) is 16.7. The van der Waals surface area contributed by atoms with Gasteiger partial charge in [-0.3, -0.25) is 9.59 Å². The minimum Gasteiger partial charge on any atom is -0.466 e. The van der Waals surface area contributed by atoms with Crippen molar-refractivity contribution < 1.29 is 24.5 Å². The first kappa shape index (κ1) is 76.3. The third kappa shape index (κ3) is 63.5. The van der Waals surface area contributed by atoms with Crippen LogP contribution in [0.2, 0.25) is 0 Å². The summed E-state index contributed by atoms with van der Waals surface area (Å²) in [4.78, 5) is 24.5. The molecule has 0 radical (unpaired) electrons. The molecular weight excluding hydrogens is 959 g/mol. The fourth-order valence-electron chi connectivity index (χ4n) is 11.3. The summed E-state index contributed by atoms with van der Waals surface area (Å²) in [5, 5.41) is 23.3. The number of esters is 1. The van der Waals surface area contributed by atoms with Crippen molar-refractivity contribution >= 4 is 11.9 Å². The number of allylic oxidation sites excluding steroid dienone is 3. The number of aliphatic hydroxyl groups excluding tert-OH is 2. The maximum absolute atomic E-state index is 12.5. The van der Waals surface area contributed by atoms with Crippen LogP contribution in [-0.2, 0) is 14.3 Å². The molecule has 2 atom stereocenters. The van der Waals surface area contributed by atoms with Gasteiger partial charge < -0.3 is 20.3 Å². The molecule has 0 saturated heterocycles. The van der Waals surface area contributed by atoms with Crippen LogP contribution in [0.25, 0.3) is 0 Å². The standard InChI is InChI=1S/C72H139NO5/c1-3-5-7-9-11-13-15-16-17-18-19-20-21-26-29-32-35-38-41-45-48-52-56-60-64-70(75)69(68-74)73-71(76)65-61-57-53-49-46-42-39-36-33-30-27-24-22-23-25-28-31-34-37-40-43-47-51-55-59-63-67-78-72(77)66-62-58-54-50-44-14-12-10-8-6-4-2/h22,24,60,64,69-70,74-75H,3-21,23,25-59,61-63,65-68H2,1-2H3,(H,73,76)/b24-22-,64-60+. The summed E-state index contributed by atoms with van der Waals surface area (Å²) in [5.74, 6) is -0.0510. The van der Waals surface area contributed by atoms with Crippen LogP contribution in [0.4, 0.5) is 0 Å². The second-order valence-corrected chi connectivity index (χ2v) is 24.6. The summed E-state index contributed by atoms with van der Waals surface area (Å²) in [6.45, 7) is 4.94. The Morgan fingerprint density at radius 1 is 0.346 bits per heavy atom. The van der Waals surface area contributed by atoms with E-state index in [4.69, 9.17) is 4.74 Å². The number of hydrogen-bond acceptors (Lipinski definition) is 5. The Balaban J connectivity index is 3.42. The minimum atomic E-state index is -0.847. The van der Waals surface area contributed by atoms with Gasteiger partial charge in [0.1, 0.15) is 0 Å². The number of amides is 1. The molecule has 0 saturated carbocycles. The van der Waals surface area contributed by atoms with Crippen LogP contribution in [0.5, 0.6) is 0 Å². The molecule has 6 heteroatoms. The summed E-state index contributed by atoms with van der Waals surface area (Å²) in [6, 6.07) is -0.630. The second kappa shape index (κ2) is 67.8. The van der Waals surface area contributed by atoms with Crippen molar-refractivity contribution in [1.29, 1.82) is 0 Å². The number of rotatable bonds is 67. The molecule has 0 heterocycles. The van der Waals surface area contributed by atoms with E-state index in [-0.39, 0.29) is 18.5 Å². The number of unbranched alkanes of at least 4 members (excludes halogenated alkanes) is 54. The van der Waals surface area contributed by atoms with Gasteiger partial charge in [0, 0.05) is 12.8 Å². The summed E-state index contributed by atoms with van der Waals surface area (Å²) < 4.78 is 5.47. The lowest BCUT2D eigenvalue weighted by Gasteiger charge is -2.20. The Morgan fingerprint density at radius 3 is 0.910 bits per heavy atom. The fourth-order valence-corrected chi connectivity index (χ4v) is 11.3. The van der Waals surface area contributed by atoms with E-state index in [1.54, 1.807) is 6.08 Å². The zero-order valence-electron chi connectivity index (χ0n) is 52.9. The van der Waals surface area contributed by atoms with Gasteiger partial charge in [0.25, 0.3) is 0 Å². The van der Waals surface area contributed by atoms with Crippen molar-refractivity contribution in [2.75, 3.05) is 13.2 Å². The van der Waals surface area contributed by atoms with Crippen LogP contribution >= 0.6 is 0 Å². The Labute approximate surface area is 488 Å². The van der Waals surface area contributed by atoms with Gasteiger partial charge in [0.2, 0.25) is 5.91 Å². The highest BCUT2D eigenvalue weighted by molar-refractivity contribution is 5.76. The van der Waals surface area contributed by atoms with Crippen LogP contribution in [0, 0.1) is 0 Å². The molecule has 0 spiro atoms. The van der Waals surface area contributed by atoms with Crippen LogP contribution in [0.1, 0.15) is 399 Å². The van der Waals surface area contributed by atoms with Crippen molar-refractivity contribution in [2.24, 2.45) is 0 Å². The maximum Gasteiger partial charge on any atom is 0.305 e. The van der Waals surface area contributed by atoms with E-state index >= 15 is 0 Å². The lowest BCUT2D eigenvalue weighted by atomic mass is 10.0. The van der Waals surface area contributed by atoms with Crippen molar-refractivity contribution in [3.05, 3.63) is 24.3 Å². The van der Waals surface area contributed by atoms with Crippen molar-refractivity contribution in [2.45, 2.75) is 411 Å². The van der Waals surface area contributed by atoms with E-state index in [0.29, 0.717) is 19.4 Å². The number of ether oxygens (including phenoxy) is 1. The van der Waals surface area contributed by atoms with E-state index in [0.717, 1.165) is 38.5 Å². The zero-order valence-corrected chi connectivity index (χ0v) is 52.9. The van der Waals surface area contributed by atoms with Gasteiger partial charge in [-0.05, 0) is 57.8 Å². The summed E-state index contributed by atoms with van der Waals surface area (Å²) in [6.07, 6.45) is 85.5. The van der Waals surface area contributed by atoms with E-state index in [1.807, 2.05) is 6.08 Å². The van der Waals surface area contributed by atoms with Gasteiger partial charge in [0.15, 0.2) is 0 Å². The first-order chi connectivity index (χ1) is 38.5. The second-order valence-electron chi connectivity index (χ2n) is 24.6. The number of carbonyl (C=O) groups excluding carboxylic acids is 2. The molecule has 0 aromatic rings. The molecule has 462 valence electrons. The highest BCUT2D eigenvalue weighted by Crippen LogP contribution is 2.19. The lowest BCUT2D eigenvalue weighted by Crippen LogP contribution is -2.45. The van der Waals surface area contributed by atoms with Crippen molar-refractivity contribution in [3.63, 3.8) is 0 Å². The third-order valence-electron chi connectivity index (χ3n) is 16.7. The number of hydrogen-bond donors (Lipinski definition) is 3. The van der Waals surface area contributed by atoms with Gasteiger partial charge in [-0.1, -0.05) is 353 Å². The summed E-state index contributed by atoms with van der Waals surface area (Å²) in [5.41, 5.74) is 0. The predicted octanol–water partition coefficient (Wildman–Crippen LogP) is 22.9.